The number of carbonyl (C=O) groups is 1. The molecule has 0 radical (unpaired) electrons. The molecule has 1 aliphatic carbocycles. The van der Waals surface area contributed by atoms with Crippen molar-refractivity contribution in [2.45, 2.75) is 78.3 Å². The van der Waals surface area contributed by atoms with Crippen molar-refractivity contribution < 1.29 is 19.0 Å². The van der Waals surface area contributed by atoms with E-state index in [-0.39, 0.29) is 23.2 Å². The van der Waals surface area contributed by atoms with Crippen LogP contribution in [0.1, 0.15) is 71.5 Å². The lowest BCUT2D eigenvalue weighted by molar-refractivity contribution is -0.211. The molecule has 2 aromatic rings. The molecule has 7 heteroatoms. The van der Waals surface area contributed by atoms with Crippen LogP contribution in [0.4, 0.5) is 10.1 Å². The molecule has 0 amide bonds. The summed E-state index contributed by atoms with van der Waals surface area (Å²) in [6.07, 6.45) is 6.02. The highest BCUT2D eigenvalue weighted by Crippen LogP contribution is 2.31. The molecule has 1 N–H and O–H groups in total. The molecule has 1 aliphatic rings. The number of aromatic nitrogens is 1. The lowest BCUT2D eigenvalue weighted by Crippen LogP contribution is -2.24. The fourth-order valence-corrected chi connectivity index (χ4v) is 4.14. The van der Waals surface area contributed by atoms with Gasteiger partial charge in [-0.2, -0.15) is 0 Å². The van der Waals surface area contributed by atoms with Gasteiger partial charge in [-0.05, 0) is 45.2 Å². The predicted molar refractivity (Wildman–Crippen MR) is 111 cm³/mol. The molecule has 0 saturated heterocycles. The topological polar surface area (TPSA) is 69.6 Å². The molecular formula is C22H29FN2O4. The van der Waals surface area contributed by atoms with E-state index in [1.54, 1.807) is 6.07 Å². The molecule has 6 nitrogen and oxygen atoms in total. The van der Waals surface area contributed by atoms with Crippen LogP contribution in [0.5, 0.6) is 5.75 Å². The number of fused-ring (bicyclic) bond motifs is 1. The van der Waals surface area contributed by atoms with Crippen LogP contribution in [0, 0.1) is 5.82 Å². The molecule has 1 aromatic carbocycles. The number of halogens is 1. The highest BCUT2D eigenvalue weighted by Gasteiger charge is 2.23. The van der Waals surface area contributed by atoms with Crippen molar-refractivity contribution in [1.29, 1.82) is 0 Å². The third-order valence-electron chi connectivity index (χ3n) is 5.41. The van der Waals surface area contributed by atoms with Crippen molar-refractivity contribution >= 4 is 22.6 Å². The van der Waals surface area contributed by atoms with E-state index in [0.29, 0.717) is 23.3 Å². The molecule has 1 fully saturated rings. The summed E-state index contributed by atoms with van der Waals surface area (Å²) in [6, 6.07) is 3.20. The van der Waals surface area contributed by atoms with Crippen LogP contribution in [-0.4, -0.2) is 16.6 Å². The predicted octanol–water partition coefficient (Wildman–Crippen LogP) is 4.89. The SMILES string of the molecule is CCc1c(OOC(C)=O)c(=O)c2cc(F)c(NC3CCCCC3)cc2n1C(C)C. The van der Waals surface area contributed by atoms with E-state index in [4.69, 9.17) is 4.89 Å². The minimum Gasteiger partial charge on any atom is -0.380 e. The van der Waals surface area contributed by atoms with Crippen molar-refractivity contribution in [2.75, 3.05) is 5.32 Å². The third kappa shape index (κ3) is 4.38. The van der Waals surface area contributed by atoms with Crippen molar-refractivity contribution in [3.63, 3.8) is 0 Å². The molecule has 1 heterocycles. The fraction of sp³-hybridized carbons (Fsp3) is 0.545. The summed E-state index contributed by atoms with van der Waals surface area (Å²) < 4.78 is 16.8. The monoisotopic (exact) mass is 404 g/mol. The van der Waals surface area contributed by atoms with Gasteiger partial charge in [-0.1, -0.05) is 26.2 Å². The minimum atomic E-state index is -0.666. The summed E-state index contributed by atoms with van der Waals surface area (Å²) in [4.78, 5) is 33.9. The zero-order chi connectivity index (χ0) is 21.1. The first kappa shape index (κ1) is 21.1. The van der Waals surface area contributed by atoms with Gasteiger partial charge in [0.2, 0.25) is 11.2 Å². The fourth-order valence-electron chi connectivity index (χ4n) is 4.14. The number of anilines is 1. The first-order valence-electron chi connectivity index (χ1n) is 10.4. The van der Waals surface area contributed by atoms with Crippen molar-refractivity contribution in [2.24, 2.45) is 0 Å². The van der Waals surface area contributed by atoms with E-state index in [1.165, 1.54) is 19.4 Å². The number of hydrogen-bond acceptors (Lipinski definition) is 5. The highest BCUT2D eigenvalue weighted by molar-refractivity contribution is 5.85. The molecule has 0 unspecified atom stereocenters. The lowest BCUT2D eigenvalue weighted by atomic mass is 9.95. The maximum Gasteiger partial charge on any atom is 0.352 e. The Morgan fingerprint density at radius 2 is 1.97 bits per heavy atom. The number of benzene rings is 1. The number of carbonyl (C=O) groups excluding carboxylic acids is 1. The minimum absolute atomic E-state index is 0.0132. The largest absolute Gasteiger partial charge is 0.380 e. The molecule has 1 saturated carbocycles. The highest BCUT2D eigenvalue weighted by atomic mass is 19.1. The molecule has 3 rings (SSSR count). The Labute approximate surface area is 169 Å². The molecule has 158 valence electrons. The Hall–Kier alpha value is -2.57. The van der Waals surface area contributed by atoms with Gasteiger partial charge in [0.25, 0.3) is 0 Å². The number of pyridine rings is 1. The number of nitrogens with zero attached hydrogens (tertiary/aromatic N) is 1. The van der Waals surface area contributed by atoms with Gasteiger partial charge in [-0.15, -0.1) is 0 Å². The van der Waals surface area contributed by atoms with E-state index in [9.17, 15) is 14.0 Å². The second-order valence-corrected chi connectivity index (χ2v) is 7.91. The number of rotatable bonds is 6. The zero-order valence-corrected chi connectivity index (χ0v) is 17.5. The Morgan fingerprint density at radius 3 is 2.55 bits per heavy atom. The number of nitrogens with one attached hydrogen (secondary N) is 1. The first-order valence-corrected chi connectivity index (χ1v) is 10.4. The second-order valence-electron chi connectivity index (χ2n) is 7.91. The van der Waals surface area contributed by atoms with Gasteiger partial charge >= 0.3 is 5.97 Å². The van der Waals surface area contributed by atoms with Gasteiger partial charge < -0.3 is 9.88 Å². The van der Waals surface area contributed by atoms with Crippen LogP contribution in [0.3, 0.4) is 0 Å². The summed E-state index contributed by atoms with van der Waals surface area (Å²) in [5, 5.41) is 3.53. The third-order valence-corrected chi connectivity index (χ3v) is 5.41. The van der Waals surface area contributed by atoms with Gasteiger partial charge in [-0.3, -0.25) is 14.6 Å². The summed E-state index contributed by atoms with van der Waals surface area (Å²) in [6.45, 7) is 7.05. The Balaban J connectivity index is 2.17. The number of hydrogen-bond donors (Lipinski definition) is 1. The molecule has 0 bridgehead atoms. The summed E-state index contributed by atoms with van der Waals surface area (Å²) >= 11 is 0. The van der Waals surface area contributed by atoms with E-state index in [2.05, 4.69) is 10.2 Å². The van der Waals surface area contributed by atoms with Gasteiger partial charge in [-0.25, -0.2) is 9.18 Å². The van der Waals surface area contributed by atoms with E-state index < -0.39 is 17.2 Å². The molecule has 0 spiro atoms. The maximum atomic E-state index is 14.9. The molecular weight excluding hydrogens is 375 g/mol. The zero-order valence-electron chi connectivity index (χ0n) is 17.5. The van der Waals surface area contributed by atoms with Crippen molar-refractivity contribution in [3.8, 4) is 5.75 Å². The van der Waals surface area contributed by atoms with Gasteiger partial charge in [0.05, 0.1) is 22.3 Å². The van der Waals surface area contributed by atoms with Gasteiger partial charge in [0, 0.05) is 19.0 Å². The Bertz CT molecular complexity index is 962. The molecule has 0 atom stereocenters. The van der Waals surface area contributed by atoms with Crippen LogP contribution >= 0.6 is 0 Å². The van der Waals surface area contributed by atoms with Crippen LogP contribution in [0.25, 0.3) is 10.9 Å². The standard InChI is InChI=1S/C22H29FN2O4/c1-5-19-22(29-28-14(4)26)21(27)16-11-17(23)18(12-20(16)25(19)13(2)3)24-15-9-7-6-8-10-15/h11-13,15,24H,5-10H2,1-4H3. The smallest absolute Gasteiger partial charge is 0.352 e. The molecule has 1 aromatic heterocycles. The molecule has 29 heavy (non-hydrogen) atoms. The van der Waals surface area contributed by atoms with Crippen LogP contribution in [-0.2, 0) is 16.1 Å². The Morgan fingerprint density at radius 1 is 1.28 bits per heavy atom. The van der Waals surface area contributed by atoms with Gasteiger partial charge in [0.1, 0.15) is 5.82 Å². The van der Waals surface area contributed by atoms with Gasteiger partial charge in [0.15, 0.2) is 0 Å². The van der Waals surface area contributed by atoms with E-state index >= 15 is 0 Å². The van der Waals surface area contributed by atoms with Crippen LogP contribution < -0.4 is 15.6 Å². The van der Waals surface area contributed by atoms with Crippen molar-refractivity contribution in [3.05, 3.63) is 33.9 Å². The summed E-state index contributed by atoms with van der Waals surface area (Å²) in [7, 11) is 0. The summed E-state index contributed by atoms with van der Waals surface area (Å²) in [5.41, 5.74) is 1.16. The maximum absolute atomic E-state index is 14.9. The van der Waals surface area contributed by atoms with Crippen LogP contribution in [0.15, 0.2) is 16.9 Å². The van der Waals surface area contributed by atoms with Crippen LogP contribution in [0.2, 0.25) is 0 Å². The first-order chi connectivity index (χ1) is 13.8. The van der Waals surface area contributed by atoms with E-state index in [0.717, 1.165) is 25.7 Å². The average Bonchev–Trinajstić information content (AvgIpc) is 2.68. The average molecular weight is 404 g/mol. The van der Waals surface area contributed by atoms with Crippen molar-refractivity contribution in [1.82, 2.24) is 4.57 Å². The normalized spacial score (nSPS) is 15.0. The summed E-state index contributed by atoms with van der Waals surface area (Å²) in [5.74, 6) is -1.21. The quantitative estimate of drug-likeness (QED) is 0.549. The lowest BCUT2D eigenvalue weighted by Gasteiger charge is -2.26. The molecule has 0 aliphatic heterocycles. The Kier molecular flexibility index (Phi) is 6.45. The second kappa shape index (κ2) is 8.84. The van der Waals surface area contributed by atoms with E-state index in [1.807, 2.05) is 25.3 Å².